The monoisotopic (exact) mass is 309 g/mol. The fourth-order valence-corrected chi connectivity index (χ4v) is 3.46. The molecule has 21 heavy (non-hydrogen) atoms. The molecular weight excluding hydrogens is 294 g/mol. The zero-order valence-corrected chi connectivity index (χ0v) is 12.0. The van der Waals surface area contributed by atoms with Gasteiger partial charge in [0.15, 0.2) is 0 Å². The summed E-state index contributed by atoms with van der Waals surface area (Å²) in [6, 6.07) is 8.22. The summed E-state index contributed by atoms with van der Waals surface area (Å²) in [4.78, 5) is 14.1. The van der Waals surface area contributed by atoms with Gasteiger partial charge in [-0.1, -0.05) is 12.1 Å². The van der Waals surface area contributed by atoms with Crippen LogP contribution in [-0.2, 0) is 14.9 Å². The van der Waals surface area contributed by atoms with E-state index < -0.39 is 10.2 Å². The average molecular weight is 309 g/mol. The van der Waals surface area contributed by atoms with E-state index in [1.807, 2.05) is 0 Å². The molecule has 2 N–H and O–H groups in total. The molecule has 2 heterocycles. The van der Waals surface area contributed by atoms with Crippen molar-refractivity contribution in [2.24, 2.45) is 0 Å². The first-order chi connectivity index (χ1) is 10.1. The molecule has 0 radical (unpaired) electrons. The number of morpholine rings is 1. The Hall–Kier alpha value is -1.90. The molecule has 7 nitrogen and oxygen atoms in total. The lowest BCUT2D eigenvalue weighted by Gasteiger charge is -2.26. The first-order valence-electron chi connectivity index (χ1n) is 6.54. The molecule has 1 aromatic heterocycles. The summed E-state index contributed by atoms with van der Waals surface area (Å²) in [5.41, 5.74) is 0.555. The number of ether oxygens (including phenoxy) is 1. The Labute approximate surface area is 121 Å². The quantitative estimate of drug-likeness (QED) is 0.864. The molecule has 1 fully saturated rings. The van der Waals surface area contributed by atoms with Crippen molar-refractivity contribution in [3.05, 3.63) is 40.7 Å². The Kier molecular flexibility index (Phi) is 3.66. The third-order valence-electron chi connectivity index (χ3n) is 3.31. The molecule has 1 saturated heterocycles. The standard InChI is InChI=1S/C13H15N3O4S/c17-12-5-4-10-2-1-3-11(13(10)14-12)15-21(18,19)16-6-8-20-9-7-16/h1-5,15H,6-9H2,(H,14,17). The van der Waals surface area contributed by atoms with E-state index in [0.29, 0.717) is 37.5 Å². The van der Waals surface area contributed by atoms with Crippen LogP contribution in [0.2, 0.25) is 0 Å². The summed E-state index contributed by atoms with van der Waals surface area (Å²) in [7, 11) is -3.66. The van der Waals surface area contributed by atoms with Crippen molar-refractivity contribution in [1.82, 2.24) is 9.29 Å². The number of nitrogens with zero attached hydrogens (tertiary/aromatic N) is 1. The van der Waals surface area contributed by atoms with Gasteiger partial charge in [0, 0.05) is 24.5 Å². The molecule has 0 amide bonds. The molecule has 0 spiro atoms. The number of pyridine rings is 1. The van der Waals surface area contributed by atoms with Gasteiger partial charge in [0.2, 0.25) is 5.56 Å². The van der Waals surface area contributed by atoms with Gasteiger partial charge in [-0.3, -0.25) is 9.52 Å². The molecule has 3 rings (SSSR count). The highest BCUT2D eigenvalue weighted by Gasteiger charge is 2.24. The van der Waals surface area contributed by atoms with E-state index in [1.165, 1.54) is 10.4 Å². The molecule has 1 aliphatic heterocycles. The van der Waals surface area contributed by atoms with Crippen LogP contribution in [-0.4, -0.2) is 44.0 Å². The van der Waals surface area contributed by atoms with E-state index in [2.05, 4.69) is 9.71 Å². The second kappa shape index (κ2) is 5.47. The molecule has 0 aliphatic carbocycles. The van der Waals surface area contributed by atoms with Crippen molar-refractivity contribution >= 4 is 26.8 Å². The molecule has 0 unspecified atom stereocenters. The van der Waals surface area contributed by atoms with Gasteiger partial charge in [-0.15, -0.1) is 0 Å². The Morgan fingerprint density at radius 3 is 2.67 bits per heavy atom. The van der Waals surface area contributed by atoms with Crippen LogP contribution < -0.4 is 10.3 Å². The molecule has 0 saturated carbocycles. The second-order valence-corrected chi connectivity index (χ2v) is 6.38. The summed E-state index contributed by atoms with van der Waals surface area (Å²) >= 11 is 0. The van der Waals surface area contributed by atoms with Crippen LogP contribution in [0.4, 0.5) is 5.69 Å². The number of hydrogen-bond acceptors (Lipinski definition) is 4. The van der Waals surface area contributed by atoms with Gasteiger partial charge in [-0.05, 0) is 12.1 Å². The summed E-state index contributed by atoms with van der Waals surface area (Å²) < 4.78 is 33.7. The second-order valence-electron chi connectivity index (χ2n) is 4.71. The molecule has 0 atom stereocenters. The molecule has 112 valence electrons. The topological polar surface area (TPSA) is 91.5 Å². The first kappa shape index (κ1) is 14.1. The van der Waals surface area contributed by atoms with Crippen LogP contribution in [0.3, 0.4) is 0 Å². The van der Waals surface area contributed by atoms with E-state index in [-0.39, 0.29) is 5.56 Å². The van der Waals surface area contributed by atoms with Gasteiger partial charge in [0.25, 0.3) is 0 Å². The fourth-order valence-electron chi connectivity index (χ4n) is 2.25. The van der Waals surface area contributed by atoms with Gasteiger partial charge in [-0.25, -0.2) is 0 Å². The van der Waals surface area contributed by atoms with Crippen LogP contribution in [0.1, 0.15) is 0 Å². The van der Waals surface area contributed by atoms with Gasteiger partial charge in [0.1, 0.15) is 0 Å². The van der Waals surface area contributed by atoms with Crippen LogP contribution in [0.15, 0.2) is 35.1 Å². The number of anilines is 1. The van der Waals surface area contributed by atoms with E-state index in [0.717, 1.165) is 5.39 Å². The van der Waals surface area contributed by atoms with Crippen LogP contribution in [0, 0.1) is 0 Å². The van der Waals surface area contributed by atoms with Crippen molar-refractivity contribution in [2.45, 2.75) is 0 Å². The Balaban J connectivity index is 1.97. The lowest BCUT2D eigenvalue weighted by atomic mass is 10.2. The zero-order chi connectivity index (χ0) is 14.9. The van der Waals surface area contributed by atoms with E-state index in [9.17, 15) is 13.2 Å². The number of benzene rings is 1. The highest BCUT2D eigenvalue weighted by molar-refractivity contribution is 7.90. The average Bonchev–Trinajstić information content (AvgIpc) is 2.48. The SMILES string of the molecule is O=c1ccc2cccc(NS(=O)(=O)N3CCOCC3)c2[nH]1. The zero-order valence-electron chi connectivity index (χ0n) is 11.2. The summed E-state index contributed by atoms with van der Waals surface area (Å²) in [5.74, 6) is 0. The molecule has 8 heteroatoms. The number of hydrogen-bond donors (Lipinski definition) is 2. The summed E-state index contributed by atoms with van der Waals surface area (Å²) in [6.45, 7) is 1.40. The number of aromatic amines is 1. The molecule has 2 aromatic rings. The highest BCUT2D eigenvalue weighted by Crippen LogP contribution is 2.21. The normalized spacial score (nSPS) is 17.0. The number of fused-ring (bicyclic) bond motifs is 1. The number of para-hydroxylation sites is 1. The van der Waals surface area contributed by atoms with Crippen molar-refractivity contribution in [1.29, 1.82) is 0 Å². The molecule has 1 aliphatic rings. The summed E-state index contributed by atoms with van der Waals surface area (Å²) in [5, 5.41) is 0.761. The van der Waals surface area contributed by atoms with Gasteiger partial charge in [0.05, 0.1) is 24.4 Å². The first-order valence-corrected chi connectivity index (χ1v) is 7.98. The lowest BCUT2D eigenvalue weighted by molar-refractivity contribution is 0.0733. The van der Waals surface area contributed by atoms with Gasteiger partial charge in [-0.2, -0.15) is 12.7 Å². The predicted molar refractivity (Wildman–Crippen MR) is 79.5 cm³/mol. The van der Waals surface area contributed by atoms with Gasteiger partial charge < -0.3 is 9.72 Å². The number of aromatic nitrogens is 1. The Bertz CT molecular complexity index is 810. The summed E-state index contributed by atoms with van der Waals surface area (Å²) in [6.07, 6.45) is 0. The Morgan fingerprint density at radius 1 is 1.14 bits per heavy atom. The maximum atomic E-state index is 12.4. The predicted octanol–water partition coefficient (Wildman–Crippen LogP) is 0.517. The molecule has 1 aromatic carbocycles. The number of rotatable bonds is 3. The lowest BCUT2D eigenvalue weighted by Crippen LogP contribution is -2.43. The minimum atomic E-state index is -3.66. The van der Waals surface area contributed by atoms with E-state index >= 15 is 0 Å². The number of H-pyrrole nitrogens is 1. The minimum absolute atomic E-state index is 0.277. The van der Waals surface area contributed by atoms with Crippen LogP contribution >= 0.6 is 0 Å². The maximum absolute atomic E-state index is 12.4. The van der Waals surface area contributed by atoms with Crippen molar-refractivity contribution < 1.29 is 13.2 Å². The third kappa shape index (κ3) is 2.92. The van der Waals surface area contributed by atoms with Crippen LogP contribution in [0.5, 0.6) is 0 Å². The largest absolute Gasteiger partial charge is 0.379 e. The highest BCUT2D eigenvalue weighted by atomic mass is 32.2. The smallest absolute Gasteiger partial charge is 0.301 e. The van der Waals surface area contributed by atoms with Crippen molar-refractivity contribution in [3.8, 4) is 0 Å². The minimum Gasteiger partial charge on any atom is -0.379 e. The van der Waals surface area contributed by atoms with Crippen LogP contribution in [0.25, 0.3) is 10.9 Å². The van der Waals surface area contributed by atoms with Crippen molar-refractivity contribution in [2.75, 3.05) is 31.0 Å². The number of nitrogens with one attached hydrogen (secondary N) is 2. The van der Waals surface area contributed by atoms with E-state index in [1.54, 1.807) is 24.3 Å². The Morgan fingerprint density at radius 2 is 1.90 bits per heavy atom. The maximum Gasteiger partial charge on any atom is 0.301 e. The molecule has 0 bridgehead atoms. The van der Waals surface area contributed by atoms with Gasteiger partial charge >= 0.3 is 10.2 Å². The fraction of sp³-hybridized carbons (Fsp3) is 0.308. The van der Waals surface area contributed by atoms with E-state index in [4.69, 9.17) is 4.74 Å². The third-order valence-corrected chi connectivity index (χ3v) is 4.83. The van der Waals surface area contributed by atoms with Crippen molar-refractivity contribution in [3.63, 3.8) is 0 Å². The molecular formula is C13H15N3O4S.